The van der Waals surface area contributed by atoms with Crippen LogP contribution in [0.25, 0.3) is 15.9 Å². The summed E-state index contributed by atoms with van der Waals surface area (Å²) < 4.78 is 7.28. The van der Waals surface area contributed by atoms with E-state index in [1.807, 2.05) is 48.0 Å². The predicted octanol–water partition coefficient (Wildman–Crippen LogP) is 6.06. The molecular weight excluding hydrogens is 403 g/mol. The number of aryl methyl sites for hydroxylation is 1. The van der Waals surface area contributed by atoms with Gasteiger partial charge in [0.15, 0.2) is 0 Å². The molecule has 0 saturated carbocycles. The third-order valence-electron chi connectivity index (χ3n) is 4.12. The summed E-state index contributed by atoms with van der Waals surface area (Å²) in [5, 5.41) is 6.54. The summed E-state index contributed by atoms with van der Waals surface area (Å²) in [6, 6.07) is 16.7. The Balaban J connectivity index is 1.59. The summed E-state index contributed by atoms with van der Waals surface area (Å²) in [5.41, 5.74) is 2.53. The molecular formula is C20H14Cl2N2O2S. The van der Waals surface area contributed by atoms with Crippen LogP contribution in [-0.4, -0.2) is 15.7 Å². The Hall–Kier alpha value is -2.34. The number of nitrogens with zero attached hydrogens (tertiary/aromatic N) is 2. The van der Waals surface area contributed by atoms with Crippen molar-refractivity contribution in [2.45, 2.75) is 13.5 Å². The minimum Gasteiger partial charge on any atom is -0.457 e. The van der Waals surface area contributed by atoms with Crippen LogP contribution in [0.15, 0.2) is 54.6 Å². The van der Waals surface area contributed by atoms with Crippen LogP contribution < -0.4 is 0 Å². The molecule has 136 valence electrons. The molecule has 2 aromatic carbocycles. The SMILES string of the molecule is Cc1nn(-c2ccccc2)c2sc(C(=O)OCc3ccc(Cl)cc3Cl)cc12. The zero-order valence-corrected chi connectivity index (χ0v) is 16.6. The van der Waals surface area contributed by atoms with Gasteiger partial charge in [0.1, 0.15) is 16.3 Å². The molecule has 2 heterocycles. The van der Waals surface area contributed by atoms with Gasteiger partial charge >= 0.3 is 5.97 Å². The number of para-hydroxylation sites is 1. The van der Waals surface area contributed by atoms with Crippen LogP contribution in [0.2, 0.25) is 10.0 Å². The summed E-state index contributed by atoms with van der Waals surface area (Å²) in [5.74, 6) is -0.388. The van der Waals surface area contributed by atoms with Crippen molar-refractivity contribution in [1.82, 2.24) is 9.78 Å². The van der Waals surface area contributed by atoms with Crippen LogP contribution in [0.1, 0.15) is 20.9 Å². The van der Waals surface area contributed by atoms with Gasteiger partial charge in [-0.25, -0.2) is 9.48 Å². The van der Waals surface area contributed by atoms with Crippen LogP contribution in [0.3, 0.4) is 0 Å². The molecule has 4 aromatic rings. The molecule has 0 aliphatic heterocycles. The van der Waals surface area contributed by atoms with Gasteiger partial charge in [-0.2, -0.15) is 5.10 Å². The minimum absolute atomic E-state index is 0.0902. The highest BCUT2D eigenvalue weighted by molar-refractivity contribution is 7.20. The molecule has 0 aliphatic rings. The third kappa shape index (κ3) is 3.58. The van der Waals surface area contributed by atoms with Gasteiger partial charge in [0.25, 0.3) is 0 Å². The standard InChI is InChI=1S/C20H14Cl2N2O2S/c1-12-16-10-18(20(25)26-11-13-7-8-14(21)9-17(13)22)27-19(16)24(23-12)15-5-3-2-4-6-15/h2-10H,11H2,1H3. The fraction of sp³-hybridized carbons (Fsp3) is 0.100. The molecule has 0 spiro atoms. The Kier molecular flexibility index (Phi) is 4.91. The molecule has 0 bridgehead atoms. The number of carbonyl (C=O) groups excluding carboxylic acids is 1. The summed E-state index contributed by atoms with van der Waals surface area (Å²) in [6.45, 7) is 2.02. The molecule has 0 unspecified atom stereocenters. The summed E-state index contributed by atoms with van der Waals surface area (Å²) in [7, 11) is 0. The van der Waals surface area contributed by atoms with Crippen molar-refractivity contribution in [1.29, 1.82) is 0 Å². The maximum absolute atomic E-state index is 12.5. The molecule has 0 radical (unpaired) electrons. The number of hydrogen-bond donors (Lipinski definition) is 0. The van der Waals surface area contributed by atoms with Gasteiger partial charge in [0.2, 0.25) is 0 Å². The lowest BCUT2D eigenvalue weighted by atomic mass is 10.2. The number of carbonyl (C=O) groups is 1. The van der Waals surface area contributed by atoms with Gasteiger partial charge in [-0.3, -0.25) is 0 Å². The normalized spacial score (nSPS) is 11.1. The van der Waals surface area contributed by atoms with E-state index in [2.05, 4.69) is 5.10 Å². The molecule has 0 aliphatic carbocycles. The van der Waals surface area contributed by atoms with Crippen LogP contribution in [0.4, 0.5) is 0 Å². The van der Waals surface area contributed by atoms with Gasteiger partial charge in [0.05, 0.1) is 11.4 Å². The molecule has 0 saturated heterocycles. The molecule has 0 amide bonds. The van der Waals surface area contributed by atoms with Crippen LogP contribution in [0, 0.1) is 6.92 Å². The first-order valence-electron chi connectivity index (χ1n) is 8.18. The third-order valence-corrected chi connectivity index (χ3v) is 5.80. The maximum atomic E-state index is 12.5. The van der Waals surface area contributed by atoms with E-state index in [4.69, 9.17) is 27.9 Å². The summed E-state index contributed by atoms with van der Waals surface area (Å²) in [6.07, 6.45) is 0. The number of thiophene rings is 1. The fourth-order valence-electron chi connectivity index (χ4n) is 2.75. The Morgan fingerprint density at radius 2 is 1.93 bits per heavy atom. The molecule has 0 atom stereocenters. The second-order valence-electron chi connectivity index (χ2n) is 5.97. The van der Waals surface area contributed by atoms with Crippen molar-refractivity contribution in [2.24, 2.45) is 0 Å². The zero-order valence-electron chi connectivity index (χ0n) is 14.3. The Morgan fingerprint density at radius 1 is 1.15 bits per heavy atom. The monoisotopic (exact) mass is 416 g/mol. The smallest absolute Gasteiger partial charge is 0.348 e. The molecule has 0 fully saturated rings. The second kappa shape index (κ2) is 7.35. The maximum Gasteiger partial charge on any atom is 0.348 e. The Morgan fingerprint density at radius 3 is 2.67 bits per heavy atom. The van der Waals surface area contributed by atoms with Crippen molar-refractivity contribution >= 4 is 50.7 Å². The minimum atomic E-state index is -0.388. The number of hydrogen-bond acceptors (Lipinski definition) is 4. The number of aromatic nitrogens is 2. The number of benzene rings is 2. The van der Waals surface area contributed by atoms with Gasteiger partial charge in [0, 0.05) is 21.0 Å². The number of rotatable bonds is 4. The summed E-state index contributed by atoms with van der Waals surface area (Å²) >= 11 is 13.4. The van der Waals surface area contributed by atoms with E-state index >= 15 is 0 Å². The van der Waals surface area contributed by atoms with E-state index < -0.39 is 0 Å². The van der Waals surface area contributed by atoms with Crippen molar-refractivity contribution in [3.05, 3.63) is 80.8 Å². The molecule has 4 nitrogen and oxygen atoms in total. The lowest BCUT2D eigenvalue weighted by Gasteiger charge is -2.06. The lowest BCUT2D eigenvalue weighted by Crippen LogP contribution is -2.03. The Bertz CT molecular complexity index is 1140. The van der Waals surface area contributed by atoms with E-state index in [0.717, 1.165) is 21.6 Å². The van der Waals surface area contributed by atoms with Gasteiger partial charge < -0.3 is 4.74 Å². The van der Waals surface area contributed by atoms with Crippen LogP contribution in [-0.2, 0) is 11.3 Å². The first-order chi connectivity index (χ1) is 13.0. The van der Waals surface area contributed by atoms with E-state index in [1.54, 1.807) is 18.2 Å². The van der Waals surface area contributed by atoms with Crippen LogP contribution in [0.5, 0.6) is 0 Å². The zero-order chi connectivity index (χ0) is 19.0. The van der Waals surface area contributed by atoms with E-state index in [0.29, 0.717) is 20.5 Å². The molecule has 7 heteroatoms. The first kappa shape index (κ1) is 18.0. The quantitative estimate of drug-likeness (QED) is 0.379. The molecule has 2 aromatic heterocycles. The average molecular weight is 417 g/mol. The lowest BCUT2D eigenvalue weighted by molar-refractivity contribution is 0.0479. The highest BCUT2D eigenvalue weighted by atomic mass is 35.5. The van der Waals surface area contributed by atoms with Gasteiger partial charge in [-0.15, -0.1) is 11.3 Å². The molecule has 0 N–H and O–H groups in total. The second-order valence-corrected chi connectivity index (χ2v) is 7.85. The van der Waals surface area contributed by atoms with E-state index in [-0.39, 0.29) is 12.6 Å². The highest BCUT2D eigenvalue weighted by Crippen LogP contribution is 2.31. The number of ether oxygens (including phenoxy) is 1. The van der Waals surface area contributed by atoms with Crippen molar-refractivity contribution in [3.8, 4) is 5.69 Å². The average Bonchev–Trinajstić information content (AvgIpc) is 3.22. The van der Waals surface area contributed by atoms with Crippen molar-refractivity contribution in [2.75, 3.05) is 0 Å². The molecule has 4 rings (SSSR count). The first-order valence-corrected chi connectivity index (χ1v) is 9.76. The topological polar surface area (TPSA) is 44.1 Å². The number of halogens is 2. The summed E-state index contributed by atoms with van der Waals surface area (Å²) in [4.78, 5) is 14.0. The van der Waals surface area contributed by atoms with Crippen molar-refractivity contribution < 1.29 is 9.53 Å². The fourth-order valence-corrected chi connectivity index (χ4v) is 4.28. The predicted molar refractivity (Wildman–Crippen MR) is 109 cm³/mol. The number of fused-ring (bicyclic) bond motifs is 1. The van der Waals surface area contributed by atoms with Crippen molar-refractivity contribution in [3.63, 3.8) is 0 Å². The molecule has 27 heavy (non-hydrogen) atoms. The van der Waals surface area contributed by atoms with Crippen LogP contribution >= 0.6 is 34.5 Å². The largest absolute Gasteiger partial charge is 0.457 e. The number of esters is 1. The van der Waals surface area contributed by atoms with E-state index in [1.165, 1.54) is 11.3 Å². The Labute approximate surface area is 169 Å². The van der Waals surface area contributed by atoms with Gasteiger partial charge in [-0.05, 0) is 37.3 Å². The van der Waals surface area contributed by atoms with Gasteiger partial charge in [-0.1, -0.05) is 47.5 Å². The highest BCUT2D eigenvalue weighted by Gasteiger charge is 2.18. The van der Waals surface area contributed by atoms with E-state index in [9.17, 15) is 4.79 Å².